The van der Waals surface area contributed by atoms with Crippen molar-refractivity contribution < 1.29 is 14.1 Å². The van der Waals surface area contributed by atoms with Gasteiger partial charge in [0.2, 0.25) is 18.1 Å². The molecule has 1 aromatic heterocycles. The number of nitrogens with zero attached hydrogens (tertiary/aromatic N) is 3. The van der Waals surface area contributed by atoms with Crippen LogP contribution in [-0.2, 0) is 24.3 Å². The lowest BCUT2D eigenvalue weighted by molar-refractivity contribution is -0.122. The highest BCUT2D eigenvalue weighted by molar-refractivity contribution is 5.83. The van der Waals surface area contributed by atoms with E-state index in [9.17, 15) is 9.59 Å². The lowest BCUT2D eigenvalue weighted by Gasteiger charge is -2.34. The van der Waals surface area contributed by atoms with Crippen LogP contribution in [0, 0.1) is 5.92 Å². The number of fused-ring (bicyclic) bond motifs is 1. The van der Waals surface area contributed by atoms with E-state index in [0.717, 1.165) is 40.7 Å². The van der Waals surface area contributed by atoms with Gasteiger partial charge in [-0.1, -0.05) is 65.8 Å². The molecule has 1 aliphatic carbocycles. The second kappa shape index (κ2) is 10.8. The fourth-order valence-corrected chi connectivity index (χ4v) is 5.74. The topological polar surface area (TPSA) is 100 Å². The molecule has 1 fully saturated rings. The number of hydrogen-bond acceptors (Lipinski definition) is 5. The third-order valence-corrected chi connectivity index (χ3v) is 7.88. The average Bonchev–Trinajstić information content (AvgIpc) is 3.59. The van der Waals surface area contributed by atoms with Gasteiger partial charge < -0.3 is 20.1 Å². The van der Waals surface area contributed by atoms with Gasteiger partial charge in [-0.25, -0.2) is 4.79 Å². The molecule has 2 N–H and O–H groups in total. The Morgan fingerprint density at radius 2 is 1.80 bits per heavy atom. The first-order valence-electron chi connectivity index (χ1n) is 14.2. The highest BCUT2D eigenvalue weighted by Crippen LogP contribution is 2.47. The van der Waals surface area contributed by atoms with Crippen molar-refractivity contribution in [2.45, 2.75) is 58.2 Å². The quantitative estimate of drug-likeness (QED) is 0.322. The van der Waals surface area contributed by atoms with E-state index in [2.05, 4.69) is 57.2 Å². The summed E-state index contributed by atoms with van der Waals surface area (Å²) in [6, 6.07) is 22.5. The minimum atomic E-state index is -0.328. The Morgan fingerprint density at radius 1 is 1.00 bits per heavy atom. The number of aromatic nitrogens is 2. The number of carbonyl (C=O) groups excluding carboxylic acids is 2. The zero-order chi connectivity index (χ0) is 28.6. The predicted octanol–water partition coefficient (Wildman–Crippen LogP) is 5.69. The molecule has 2 heterocycles. The number of carbonyl (C=O) groups is 2. The van der Waals surface area contributed by atoms with Crippen LogP contribution >= 0.6 is 0 Å². The lowest BCUT2D eigenvalue weighted by Crippen LogP contribution is -2.50. The van der Waals surface area contributed by atoms with Crippen molar-refractivity contribution >= 4 is 11.9 Å². The number of urea groups is 1. The Bertz CT molecular complexity index is 1560. The molecule has 210 valence electrons. The number of benzene rings is 3. The van der Waals surface area contributed by atoms with Gasteiger partial charge in [-0.05, 0) is 79.0 Å². The monoisotopic (exact) mass is 549 g/mol. The van der Waals surface area contributed by atoms with Crippen LogP contribution in [0.1, 0.15) is 55.4 Å². The van der Waals surface area contributed by atoms with Gasteiger partial charge in [0.05, 0.1) is 0 Å². The van der Waals surface area contributed by atoms with Crippen molar-refractivity contribution in [3.05, 3.63) is 95.4 Å². The van der Waals surface area contributed by atoms with Gasteiger partial charge in [-0.3, -0.25) is 4.79 Å². The van der Waals surface area contributed by atoms with Gasteiger partial charge in [0.1, 0.15) is 0 Å². The van der Waals surface area contributed by atoms with Crippen LogP contribution in [0.4, 0.5) is 4.79 Å². The Kier molecular flexibility index (Phi) is 7.07. The normalized spacial score (nSPS) is 18.0. The van der Waals surface area contributed by atoms with Gasteiger partial charge >= 0.3 is 6.03 Å². The highest BCUT2D eigenvalue weighted by Gasteiger charge is 2.43. The summed E-state index contributed by atoms with van der Waals surface area (Å²) in [6.07, 6.45) is 2.92. The zero-order valence-electron chi connectivity index (χ0n) is 23.7. The minimum absolute atomic E-state index is 0.00874. The van der Waals surface area contributed by atoms with Crippen LogP contribution in [0.15, 0.2) is 77.6 Å². The average molecular weight is 550 g/mol. The van der Waals surface area contributed by atoms with Crippen molar-refractivity contribution in [3.63, 3.8) is 0 Å². The first kappa shape index (κ1) is 26.7. The maximum atomic E-state index is 13.1. The van der Waals surface area contributed by atoms with E-state index in [4.69, 9.17) is 4.52 Å². The smallest absolute Gasteiger partial charge is 0.318 e. The molecule has 2 atom stereocenters. The molecular weight excluding hydrogens is 514 g/mol. The molecule has 8 nitrogen and oxygen atoms in total. The Hall–Kier alpha value is -4.46. The van der Waals surface area contributed by atoms with Gasteiger partial charge in [-0.15, -0.1) is 0 Å². The molecule has 0 bridgehead atoms. The number of nitrogens with one attached hydrogen (secondary N) is 2. The van der Waals surface area contributed by atoms with Crippen LogP contribution in [0.3, 0.4) is 0 Å². The highest BCUT2D eigenvalue weighted by atomic mass is 16.5. The van der Waals surface area contributed by atoms with E-state index in [1.807, 2.05) is 56.0 Å². The van der Waals surface area contributed by atoms with E-state index in [-0.39, 0.29) is 29.3 Å². The molecule has 1 saturated carbocycles. The largest absolute Gasteiger partial charge is 0.352 e. The summed E-state index contributed by atoms with van der Waals surface area (Å²) >= 11 is 0. The summed E-state index contributed by atoms with van der Waals surface area (Å²) in [5.41, 5.74) is 7.27. The van der Waals surface area contributed by atoms with Crippen molar-refractivity contribution in [3.8, 4) is 22.5 Å². The molecule has 41 heavy (non-hydrogen) atoms. The molecule has 1 unspecified atom stereocenters. The Labute approximate surface area is 240 Å². The fourth-order valence-electron chi connectivity index (χ4n) is 5.74. The maximum Gasteiger partial charge on any atom is 0.318 e. The van der Waals surface area contributed by atoms with Crippen LogP contribution in [0.25, 0.3) is 22.5 Å². The van der Waals surface area contributed by atoms with Gasteiger partial charge in [-0.2, -0.15) is 4.98 Å². The molecule has 2 aliphatic rings. The van der Waals surface area contributed by atoms with E-state index >= 15 is 0 Å². The summed E-state index contributed by atoms with van der Waals surface area (Å²) in [6.45, 7) is 7.48. The first-order valence-corrected chi connectivity index (χ1v) is 14.2. The van der Waals surface area contributed by atoms with Crippen molar-refractivity contribution in [2.24, 2.45) is 5.92 Å². The van der Waals surface area contributed by atoms with Gasteiger partial charge in [0.25, 0.3) is 0 Å². The fraction of sp³-hybridized carbons (Fsp3) is 0.333. The molecule has 3 aromatic carbocycles. The molecule has 0 saturated heterocycles. The third-order valence-electron chi connectivity index (χ3n) is 7.88. The second-order valence-electron chi connectivity index (χ2n) is 12.0. The van der Waals surface area contributed by atoms with Crippen LogP contribution in [0.2, 0.25) is 0 Å². The summed E-state index contributed by atoms with van der Waals surface area (Å²) in [5, 5.41) is 10.3. The summed E-state index contributed by atoms with van der Waals surface area (Å²) in [7, 11) is 0. The summed E-state index contributed by atoms with van der Waals surface area (Å²) in [5.74, 6) is 0.923. The first-order chi connectivity index (χ1) is 19.8. The molecule has 4 aromatic rings. The summed E-state index contributed by atoms with van der Waals surface area (Å²) in [4.78, 5) is 32.3. The van der Waals surface area contributed by atoms with E-state index in [0.29, 0.717) is 25.5 Å². The molecule has 8 heteroatoms. The van der Waals surface area contributed by atoms with Crippen LogP contribution in [0.5, 0.6) is 0 Å². The number of rotatable bonds is 6. The third kappa shape index (κ3) is 5.87. The molecule has 1 aliphatic heterocycles. The second-order valence-corrected chi connectivity index (χ2v) is 12.0. The standard InChI is InChI=1S/C33H35N5O3/c1-33(2,3)36-32(40)38-15-14-26-25(22-10-7-11-23(16-22)30-35-20-41-37-30)13-12-24(29(26)19-38)18-34-31(39)28-17-27(28)21-8-5-4-6-9-21/h4-13,16,20,27-28H,14-15,17-19H2,1-3H3,(H,34,39)(H,36,40)/t27-,28?/m0/s1. The maximum absolute atomic E-state index is 13.1. The Balaban J connectivity index is 1.27. The van der Waals surface area contributed by atoms with E-state index in [1.54, 1.807) is 0 Å². The minimum Gasteiger partial charge on any atom is -0.352 e. The van der Waals surface area contributed by atoms with Gasteiger partial charge in [0.15, 0.2) is 0 Å². The molecule has 0 radical (unpaired) electrons. The van der Waals surface area contributed by atoms with Crippen molar-refractivity contribution in [2.75, 3.05) is 6.54 Å². The Morgan fingerprint density at radius 3 is 2.56 bits per heavy atom. The number of amides is 3. The van der Waals surface area contributed by atoms with Crippen molar-refractivity contribution in [1.82, 2.24) is 25.7 Å². The SMILES string of the molecule is CC(C)(C)NC(=O)N1CCc2c(-c3cccc(-c4ncon4)c3)ccc(CNC(=O)C3C[C@H]3c3ccccc3)c2C1. The number of hydrogen-bond donors (Lipinski definition) is 2. The summed E-state index contributed by atoms with van der Waals surface area (Å²) < 4.78 is 4.95. The van der Waals surface area contributed by atoms with E-state index in [1.165, 1.54) is 17.5 Å². The van der Waals surface area contributed by atoms with Crippen LogP contribution in [-0.4, -0.2) is 39.1 Å². The molecule has 3 amide bonds. The molecular formula is C33H35N5O3. The van der Waals surface area contributed by atoms with E-state index < -0.39 is 0 Å². The lowest BCUT2D eigenvalue weighted by atomic mass is 9.87. The zero-order valence-corrected chi connectivity index (χ0v) is 23.7. The van der Waals surface area contributed by atoms with Gasteiger partial charge in [0, 0.05) is 36.7 Å². The van der Waals surface area contributed by atoms with Crippen molar-refractivity contribution in [1.29, 1.82) is 0 Å². The molecule has 0 spiro atoms. The van der Waals surface area contributed by atoms with Crippen LogP contribution < -0.4 is 10.6 Å². The molecule has 6 rings (SSSR count). The predicted molar refractivity (Wildman–Crippen MR) is 157 cm³/mol.